The van der Waals surface area contributed by atoms with Crippen molar-refractivity contribution in [1.82, 2.24) is 14.7 Å². The van der Waals surface area contributed by atoms with Crippen LogP contribution >= 0.6 is 0 Å². The minimum Gasteiger partial charge on any atom is -0.497 e. The fourth-order valence-corrected chi connectivity index (χ4v) is 4.60. The summed E-state index contributed by atoms with van der Waals surface area (Å²) in [5.74, 6) is 1.08. The number of benzene rings is 3. The Balaban J connectivity index is 1.22. The topological polar surface area (TPSA) is 64.4 Å². The molecular weight excluding hydrogens is 450 g/mol. The fraction of sp³-hybridized carbons (Fsp3) is 0.233. The van der Waals surface area contributed by atoms with Gasteiger partial charge in [-0.25, -0.2) is 0 Å². The van der Waals surface area contributed by atoms with Crippen molar-refractivity contribution >= 4 is 11.7 Å². The number of carbonyl (C=O) groups excluding carboxylic acids is 2. The molecule has 36 heavy (non-hydrogen) atoms. The summed E-state index contributed by atoms with van der Waals surface area (Å²) >= 11 is 0. The zero-order valence-corrected chi connectivity index (χ0v) is 20.8. The summed E-state index contributed by atoms with van der Waals surface area (Å²) in [6, 6.07) is 21.3. The number of nitrogens with zero attached hydrogens (tertiary/aromatic N) is 3. The van der Waals surface area contributed by atoms with Crippen molar-refractivity contribution in [2.24, 2.45) is 7.05 Å². The highest BCUT2D eigenvalue weighted by molar-refractivity contribution is 5.99. The van der Waals surface area contributed by atoms with Crippen LogP contribution in [0.5, 0.6) is 5.75 Å². The number of ketones is 1. The van der Waals surface area contributed by atoms with E-state index in [0.29, 0.717) is 35.9 Å². The summed E-state index contributed by atoms with van der Waals surface area (Å²) in [6.07, 6.45) is 4.11. The van der Waals surface area contributed by atoms with Gasteiger partial charge in [0.25, 0.3) is 5.91 Å². The van der Waals surface area contributed by atoms with E-state index in [0.717, 1.165) is 22.3 Å². The Morgan fingerprint density at radius 3 is 2.28 bits per heavy atom. The van der Waals surface area contributed by atoms with Crippen molar-refractivity contribution in [3.63, 3.8) is 0 Å². The van der Waals surface area contributed by atoms with Gasteiger partial charge < -0.3 is 9.64 Å². The molecular formula is C30H29N3O3. The van der Waals surface area contributed by atoms with Gasteiger partial charge in [-0.05, 0) is 65.6 Å². The van der Waals surface area contributed by atoms with E-state index in [1.807, 2.05) is 49.5 Å². The molecule has 0 saturated carbocycles. The Morgan fingerprint density at radius 2 is 1.64 bits per heavy atom. The molecule has 0 bridgehead atoms. The van der Waals surface area contributed by atoms with Gasteiger partial charge in [-0.1, -0.05) is 30.3 Å². The van der Waals surface area contributed by atoms with Crippen molar-refractivity contribution in [3.05, 3.63) is 107 Å². The van der Waals surface area contributed by atoms with Gasteiger partial charge in [0.05, 0.1) is 13.3 Å². The number of aromatic nitrogens is 2. The Kier molecular flexibility index (Phi) is 6.42. The van der Waals surface area contributed by atoms with Crippen molar-refractivity contribution < 1.29 is 14.3 Å². The van der Waals surface area contributed by atoms with E-state index in [-0.39, 0.29) is 18.1 Å². The van der Waals surface area contributed by atoms with Crippen LogP contribution in [0, 0.1) is 6.92 Å². The number of methoxy groups -OCH3 is 1. The number of Topliss-reactive ketones (excluding diaryl/α,β-unsaturated/α-hetero) is 1. The van der Waals surface area contributed by atoms with Crippen LogP contribution in [0.1, 0.15) is 43.3 Å². The summed E-state index contributed by atoms with van der Waals surface area (Å²) in [6.45, 7) is 3.36. The number of hydrogen-bond acceptors (Lipinski definition) is 4. The summed E-state index contributed by atoms with van der Waals surface area (Å²) in [7, 11) is 3.51. The quantitative estimate of drug-likeness (QED) is 0.347. The third-order valence-corrected chi connectivity index (χ3v) is 6.95. The van der Waals surface area contributed by atoms with Gasteiger partial charge in [0, 0.05) is 55.4 Å². The van der Waals surface area contributed by atoms with Gasteiger partial charge in [0.15, 0.2) is 5.78 Å². The first kappa shape index (κ1) is 23.5. The van der Waals surface area contributed by atoms with Crippen LogP contribution < -0.4 is 4.74 Å². The zero-order chi connectivity index (χ0) is 25.2. The minimum absolute atomic E-state index is 0.0105. The van der Waals surface area contributed by atoms with Gasteiger partial charge in [-0.3, -0.25) is 14.3 Å². The molecule has 2 heterocycles. The first-order valence-electron chi connectivity index (χ1n) is 12.1. The number of hydrogen-bond donors (Lipinski definition) is 0. The van der Waals surface area contributed by atoms with Crippen LogP contribution in [0.15, 0.2) is 79.1 Å². The molecule has 1 aliphatic rings. The summed E-state index contributed by atoms with van der Waals surface area (Å²) in [5.41, 5.74) is 6.61. The number of ether oxygens (including phenoxy) is 1. The average Bonchev–Trinajstić information content (AvgIpc) is 3.31. The van der Waals surface area contributed by atoms with Crippen LogP contribution in [0.25, 0.3) is 11.1 Å². The molecule has 182 valence electrons. The monoisotopic (exact) mass is 479 g/mol. The predicted molar refractivity (Wildman–Crippen MR) is 139 cm³/mol. The molecule has 6 nitrogen and oxygen atoms in total. The lowest BCUT2D eigenvalue weighted by Crippen LogP contribution is -2.48. The summed E-state index contributed by atoms with van der Waals surface area (Å²) < 4.78 is 6.97. The Labute approximate surface area is 211 Å². The van der Waals surface area contributed by atoms with Crippen molar-refractivity contribution in [3.8, 4) is 16.9 Å². The van der Waals surface area contributed by atoms with Crippen molar-refractivity contribution in [1.29, 1.82) is 0 Å². The number of amides is 1. The summed E-state index contributed by atoms with van der Waals surface area (Å²) in [5, 5.41) is 4.23. The van der Waals surface area contributed by atoms with Gasteiger partial charge in [0.2, 0.25) is 0 Å². The number of rotatable bonds is 7. The van der Waals surface area contributed by atoms with Gasteiger partial charge >= 0.3 is 0 Å². The third-order valence-electron chi connectivity index (χ3n) is 6.95. The second-order valence-corrected chi connectivity index (χ2v) is 9.40. The normalized spacial score (nSPS) is 13.4. The van der Waals surface area contributed by atoms with E-state index in [9.17, 15) is 9.59 Å². The largest absolute Gasteiger partial charge is 0.497 e. The molecule has 0 radical (unpaired) electrons. The molecule has 1 saturated heterocycles. The van der Waals surface area contributed by atoms with Crippen LogP contribution in [-0.4, -0.2) is 46.6 Å². The molecule has 1 fully saturated rings. The van der Waals surface area contributed by atoms with Crippen molar-refractivity contribution in [2.45, 2.75) is 19.3 Å². The standard InChI is InChI=1S/C30H29N3O3/c1-20-4-5-24(14-25(20)15-29(34)23-10-12-28(36-3)13-11-23)30(35)33-18-27(19-33)22-8-6-21(7-9-22)26-16-31-32(2)17-26/h4-14,16-17,27H,15,18-19H2,1-3H3. The number of carbonyl (C=O) groups is 2. The van der Waals surface area contributed by atoms with Crippen LogP contribution in [0.4, 0.5) is 0 Å². The van der Waals surface area contributed by atoms with E-state index in [2.05, 4.69) is 29.4 Å². The molecule has 3 aromatic carbocycles. The Morgan fingerprint density at radius 1 is 0.944 bits per heavy atom. The van der Waals surface area contributed by atoms with Gasteiger partial charge in [0.1, 0.15) is 5.75 Å². The third kappa shape index (κ3) is 4.80. The number of likely N-dealkylation sites (tertiary alicyclic amines) is 1. The van der Waals surface area contributed by atoms with E-state index in [4.69, 9.17) is 4.74 Å². The maximum Gasteiger partial charge on any atom is 0.253 e. The summed E-state index contributed by atoms with van der Waals surface area (Å²) in [4.78, 5) is 27.9. The molecule has 4 aromatic rings. The maximum atomic E-state index is 13.2. The first-order valence-corrected chi connectivity index (χ1v) is 12.1. The van der Waals surface area contributed by atoms with Gasteiger partial charge in [-0.15, -0.1) is 0 Å². The Hall–Kier alpha value is -4.19. The van der Waals surface area contributed by atoms with Crippen LogP contribution in [0.2, 0.25) is 0 Å². The van der Waals surface area contributed by atoms with E-state index >= 15 is 0 Å². The molecule has 0 aliphatic carbocycles. The van der Waals surface area contributed by atoms with E-state index in [1.165, 1.54) is 5.56 Å². The second kappa shape index (κ2) is 9.82. The minimum atomic E-state index is 0.0105. The molecule has 1 aromatic heterocycles. The lowest BCUT2D eigenvalue weighted by Gasteiger charge is -2.39. The molecule has 0 unspecified atom stereocenters. The Bertz CT molecular complexity index is 1400. The first-order chi connectivity index (χ1) is 17.4. The van der Waals surface area contributed by atoms with Gasteiger partial charge in [-0.2, -0.15) is 5.10 Å². The highest BCUT2D eigenvalue weighted by Crippen LogP contribution is 2.30. The molecule has 5 rings (SSSR count). The van der Waals surface area contributed by atoms with E-state index < -0.39 is 0 Å². The second-order valence-electron chi connectivity index (χ2n) is 9.40. The van der Waals surface area contributed by atoms with Crippen molar-refractivity contribution in [2.75, 3.05) is 20.2 Å². The van der Waals surface area contributed by atoms with Crippen LogP contribution in [0.3, 0.4) is 0 Å². The SMILES string of the molecule is COc1ccc(C(=O)Cc2cc(C(=O)N3CC(c4ccc(-c5cnn(C)c5)cc4)C3)ccc2C)cc1. The molecule has 1 amide bonds. The highest BCUT2D eigenvalue weighted by Gasteiger charge is 2.32. The number of aryl methyl sites for hydroxylation is 2. The molecule has 6 heteroatoms. The highest BCUT2D eigenvalue weighted by atomic mass is 16.5. The smallest absolute Gasteiger partial charge is 0.253 e. The average molecular weight is 480 g/mol. The lowest BCUT2D eigenvalue weighted by molar-refractivity contribution is 0.0602. The lowest BCUT2D eigenvalue weighted by atomic mass is 9.89. The molecule has 0 spiro atoms. The predicted octanol–water partition coefficient (Wildman–Crippen LogP) is 5.07. The fourth-order valence-electron chi connectivity index (χ4n) is 4.60. The maximum absolute atomic E-state index is 13.2. The molecule has 0 N–H and O–H groups in total. The molecule has 0 atom stereocenters. The van der Waals surface area contributed by atoms with E-state index in [1.54, 1.807) is 36.1 Å². The van der Waals surface area contributed by atoms with Crippen LogP contribution in [-0.2, 0) is 13.5 Å². The zero-order valence-electron chi connectivity index (χ0n) is 20.8. The molecule has 1 aliphatic heterocycles.